The molecular formula is C32H38BClO6. The maximum absolute atomic E-state index is 8.94. The second kappa shape index (κ2) is 15.9. The van der Waals surface area contributed by atoms with Crippen LogP contribution in [0.5, 0.6) is 17.2 Å². The first-order valence-corrected chi connectivity index (χ1v) is 13.1. The van der Waals surface area contributed by atoms with Crippen LogP contribution in [0.25, 0.3) is 11.1 Å². The van der Waals surface area contributed by atoms with Gasteiger partial charge >= 0.3 is 7.12 Å². The number of ether oxygens (including phenoxy) is 3. The zero-order chi connectivity index (χ0) is 29.8. The number of aryl methyl sites for hydroxylation is 4. The van der Waals surface area contributed by atoms with E-state index < -0.39 is 7.12 Å². The Kier molecular flexibility index (Phi) is 13.0. The van der Waals surface area contributed by atoms with Gasteiger partial charge in [0.25, 0.3) is 0 Å². The fourth-order valence-electron chi connectivity index (χ4n) is 4.29. The molecule has 3 N–H and O–H groups in total. The quantitative estimate of drug-likeness (QED) is 0.256. The van der Waals surface area contributed by atoms with Gasteiger partial charge in [0.2, 0.25) is 0 Å². The molecule has 0 aliphatic heterocycles. The van der Waals surface area contributed by atoms with E-state index in [-0.39, 0.29) is 6.61 Å². The van der Waals surface area contributed by atoms with Crippen LogP contribution in [-0.4, -0.2) is 43.6 Å². The van der Waals surface area contributed by atoms with Crippen molar-refractivity contribution in [2.24, 2.45) is 0 Å². The van der Waals surface area contributed by atoms with Crippen LogP contribution in [0, 0.1) is 27.7 Å². The number of hydrogen-bond acceptors (Lipinski definition) is 6. The molecule has 4 aromatic carbocycles. The van der Waals surface area contributed by atoms with Crippen LogP contribution in [0.3, 0.4) is 0 Å². The normalized spacial score (nSPS) is 9.97. The number of methoxy groups -OCH3 is 3. The standard InChI is InChI=1S/C16H18O2.C8H11BO2.C8H9ClO2/c1-11-6-5-7-12(2)16(11)13-8-14(17-3)10-15(9-13)18-4;1-6-4-3-5-7(2)8(6)9(10)11;1-11-8-3-6(5-10)2-7(9)4-8/h5-10H,1-4H3;3-5,10-11H,1-2H3;2-4,10H,5H2,1H3. The predicted molar refractivity (Wildman–Crippen MR) is 164 cm³/mol. The van der Waals surface area contributed by atoms with Gasteiger partial charge in [-0.2, -0.15) is 0 Å². The highest BCUT2D eigenvalue weighted by Gasteiger charge is 2.15. The number of hydrogen-bond donors (Lipinski definition) is 3. The Morgan fingerprint density at radius 3 is 1.50 bits per heavy atom. The van der Waals surface area contributed by atoms with Crippen LogP contribution in [0.4, 0.5) is 0 Å². The highest BCUT2D eigenvalue weighted by Crippen LogP contribution is 2.33. The Balaban J connectivity index is 0.000000222. The zero-order valence-corrected chi connectivity index (χ0v) is 24.9. The molecule has 0 fully saturated rings. The molecule has 0 aliphatic carbocycles. The van der Waals surface area contributed by atoms with Gasteiger partial charge < -0.3 is 29.4 Å². The van der Waals surface area contributed by atoms with Crippen LogP contribution in [0.1, 0.15) is 27.8 Å². The number of rotatable bonds is 6. The minimum atomic E-state index is -1.35. The lowest BCUT2D eigenvalue weighted by atomic mass is 9.74. The van der Waals surface area contributed by atoms with E-state index in [0.29, 0.717) is 16.2 Å². The summed E-state index contributed by atoms with van der Waals surface area (Å²) in [7, 11) is 3.55. The van der Waals surface area contributed by atoms with Crippen molar-refractivity contribution in [1.82, 2.24) is 0 Å². The number of halogens is 1. The average Bonchev–Trinajstić information content (AvgIpc) is 2.92. The molecule has 8 heteroatoms. The van der Waals surface area contributed by atoms with E-state index in [0.717, 1.165) is 33.8 Å². The van der Waals surface area contributed by atoms with Gasteiger partial charge in [-0.05, 0) is 91.3 Å². The lowest BCUT2D eigenvalue weighted by molar-refractivity contribution is 0.281. The minimum Gasteiger partial charge on any atom is -0.497 e. The van der Waals surface area contributed by atoms with Crippen LogP contribution in [0.15, 0.2) is 72.8 Å². The Morgan fingerprint density at radius 1 is 0.650 bits per heavy atom. The van der Waals surface area contributed by atoms with Crippen LogP contribution in [-0.2, 0) is 6.61 Å². The Labute approximate surface area is 242 Å². The number of aliphatic hydroxyl groups is 1. The summed E-state index contributed by atoms with van der Waals surface area (Å²) >= 11 is 5.72. The van der Waals surface area contributed by atoms with Crippen molar-refractivity contribution in [3.63, 3.8) is 0 Å². The van der Waals surface area contributed by atoms with E-state index in [9.17, 15) is 0 Å². The van der Waals surface area contributed by atoms with Crippen molar-refractivity contribution in [2.75, 3.05) is 21.3 Å². The lowest BCUT2D eigenvalue weighted by Gasteiger charge is -2.13. The molecular weight excluding hydrogens is 527 g/mol. The topological polar surface area (TPSA) is 88.4 Å². The molecule has 0 amide bonds. The second-order valence-corrected chi connectivity index (χ2v) is 9.64. The smallest absolute Gasteiger partial charge is 0.488 e. The molecule has 0 saturated heterocycles. The fraction of sp³-hybridized carbons (Fsp3) is 0.250. The second-order valence-electron chi connectivity index (χ2n) is 9.20. The summed E-state index contributed by atoms with van der Waals surface area (Å²) in [5.41, 5.74) is 8.09. The van der Waals surface area contributed by atoms with E-state index in [1.54, 1.807) is 39.5 Å². The maximum atomic E-state index is 8.94. The predicted octanol–water partition coefficient (Wildman–Crippen LogP) is 5.81. The van der Waals surface area contributed by atoms with Crippen molar-refractivity contribution in [2.45, 2.75) is 34.3 Å². The molecule has 212 valence electrons. The van der Waals surface area contributed by atoms with Crippen molar-refractivity contribution in [1.29, 1.82) is 0 Å². The van der Waals surface area contributed by atoms with Gasteiger partial charge in [-0.1, -0.05) is 59.1 Å². The highest BCUT2D eigenvalue weighted by molar-refractivity contribution is 6.59. The lowest BCUT2D eigenvalue weighted by Crippen LogP contribution is -2.34. The average molecular weight is 565 g/mol. The summed E-state index contributed by atoms with van der Waals surface area (Å²) in [6, 6.07) is 23.0. The Bertz CT molecular complexity index is 1310. The first-order valence-electron chi connectivity index (χ1n) is 12.7. The number of benzene rings is 4. The van der Waals surface area contributed by atoms with Crippen molar-refractivity contribution < 1.29 is 29.4 Å². The van der Waals surface area contributed by atoms with Crippen molar-refractivity contribution in [3.8, 4) is 28.4 Å². The molecule has 0 unspecified atom stereocenters. The fourth-order valence-corrected chi connectivity index (χ4v) is 4.53. The molecule has 0 spiro atoms. The van der Waals surface area contributed by atoms with E-state index in [4.69, 9.17) is 41.0 Å². The van der Waals surface area contributed by atoms with Crippen molar-refractivity contribution >= 4 is 24.2 Å². The summed E-state index contributed by atoms with van der Waals surface area (Å²) in [4.78, 5) is 0. The van der Waals surface area contributed by atoms with Gasteiger partial charge in [-0.3, -0.25) is 0 Å². The molecule has 0 radical (unpaired) electrons. The van der Waals surface area contributed by atoms with Gasteiger partial charge in [0.15, 0.2) is 0 Å². The third-order valence-electron chi connectivity index (χ3n) is 6.27. The zero-order valence-electron chi connectivity index (χ0n) is 24.2. The van der Waals surface area contributed by atoms with Gasteiger partial charge in [-0.15, -0.1) is 0 Å². The third-order valence-corrected chi connectivity index (χ3v) is 6.49. The van der Waals surface area contributed by atoms with Crippen LogP contribution < -0.4 is 19.7 Å². The molecule has 0 aromatic heterocycles. The summed E-state index contributed by atoms with van der Waals surface area (Å²) in [6.45, 7) is 7.95. The molecule has 0 saturated carbocycles. The SMILES string of the molecule is COc1cc(Cl)cc(CO)c1.COc1cc(OC)cc(-c2c(C)cccc2C)c1.Cc1cccc(C)c1B(O)O. The molecule has 0 atom stereocenters. The third kappa shape index (κ3) is 9.31. The summed E-state index contributed by atoms with van der Waals surface area (Å²) in [5.74, 6) is 2.29. The molecule has 4 aromatic rings. The Hall–Kier alpha value is -3.49. The van der Waals surface area contributed by atoms with Crippen LogP contribution >= 0.6 is 11.6 Å². The first kappa shape index (κ1) is 32.7. The number of aliphatic hydroxyl groups excluding tert-OH is 1. The molecule has 0 heterocycles. The summed E-state index contributed by atoms with van der Waals surface area (Å²) in [6.07, 6.45) is 0. The van der Waals surface area contributed by atoms with E-state index in [2.05, 4.69) is 32.0 Å². The summed E-state index contributed by atoms with van der Waals surface area (Å²) in [5, 5.41) is 27.2. The maximum Gasteiger partial charge on any atom is 0.488 e. The van der Waals surface area contributed by atoms with Gasteiger partial charge in [-0.25, -0.2) is 0 Å². The Morgan fingerprint density at radius 2 is 1.10 bits per heavy atom. The highest BCUT2D eigenvalue weighted by atomic mass is 35.5. The molecule has 0 aliphatic rings. The van der Waals surface area contributed by atoms with E-state index >= 15 is 0 Å². The van der Waals surface area contributed by atoms with Gasteiger partial charge in [0, 0.05) is 11.1 Å². The molecule has 4 rings (SSSR count). The molecule has 6 nitrogen and oxygen atoms in total. The monoisotopic (exact) mass is 564 g/mol. The first-order chi connectivity index (χ1) is 19.0. The molecule has 0 bridgehead atoms. The van der Waals surface area contributed by atoms with E-state index in [1.807, 2.05) is 50.2 Å². The van der Waals surface area contributed by atoms with Gasteiger partial charge in [0.05, 0.1) is 27.9 Å². The largest absolute Gasteiger partial charge is 0.497 e. The van der Waals surface area contributed by atoms with E-state index in [1.165, 1.54) is 16.7 Å². The van der Waals surface area contributed by atoms with Crippen molar-refractivity contribution in [3.05, 3.63) is 106 Å². The van der Waals surface area contributed by atoms with Crippen LogP contribution in [0.2, 0.25) is 5.02 Å². The minimum absolute atomic E-state index is 0.0169. The van der Waals surface area contributed by atoms with Gasteiger partial charge in [0.1, 0.15) is 17.2 Å². The summed E-state index contributed by atoms with van der Waals surface area (Å²) < 4.78 is 15.6. The molecule has 40 heavy (non-hydrogen) atoms.